The first-order valence-corrected chi connectivity index (χ1v) is 7.29. The van der Waals surface area contributed by atoms with Crippen LogP contribution in [0.3, 0.4) is 0 Å². The van der Waals surface area contributed by atoms with Gasteiger partial charge in [0.25, 0.3) is 0 Å². The fourth-order valence-electron chi connectivity index (χ4n) is 1.21. The van der Waals surface area contributed by atoms with Crippen LogP contribution in [0, 0.1) is 11.3 Å². The van der Waals surface area contributed by atoms with Crippen LogP contribution in [0.25, 0.3) is 0 Å². The summed E-state index contributed by atoms with van der Waals surface area (Å²) in [6, 6.07) is 0. The zero-order valence-corrected chi connectivity index (χ0v) is 13.5. The number of ether oxygens (including phenoxy) is 1. The fraction of sp³-hybridized carbons (Fsp3) is 0.923. The maximum absolute atomic E-state index is 12.0. The molecule has 17 heavy (non-hydrogen) atoms. The number of nitrogens with zero attached hydrogens (tertiary/aromatic N) is 1. The molecular weight excluding hydrogens is 282 g/mol. The lowest BCUT2D eigenvalue weighted by atomic mass is 9.82. The lowest BCUT2D eigenvalue weighted by Gasteiger charge is -2.28. The molecule has 0 bridgehead atoms. The van der Waals surface area contributed by atoms with Crippen molar-refractivity contribution in [2.45, 2.75) is 40.7 Å². The van der Waals surface area contributed by atoms with Gasteiger partial charge in [0.1, 0.15) is 6.10 Å². The van der Waals surface area contributed by atoms with Crippen molar-refractivity contribution < 1.29 is 9.53 Å². The van der Waals surface area contributed by atoms with Gasteiger partial charge >= 0.3 is 5.97 Å². The molecular formula is C13H26BrNO2. The third-order valence-corrected chi connectivity index (χ3v) is 3.88. The van der Waals surface area contributed by atoms with E-state index in [-0.39, 0.29) is 23.4 Å². The average Bonchev–Trinajstić information content (AvgIpc) is 2.25. The number of halogens is 1. The van der Waals surface area contributed by atoms with Crippen molar-refractivity contribution in [3.8, 4) is 0 Å². The Morgan fingerprint density at radius 1 is 1.41 bits per heavy atom. The Morgan fingerprint density at radius 2 is 1.94 bits per heavy atom. The Labute approximate surface area is 114 Å². The van der Waals surface area contributed by atoms with Crippen LogP contribution in [-0.4, -0.2) is 42.4 Å². The van der Waals surface area contributed by atoms with Crippen molar-refractivity contribution in [3.63, 3.8) is 0 Å². The van der Waals surface area contributed by atoms with Gasteiger partial charge in [0.05, 0.1) is 5.92 Å². The largest absolute Gasteiger partial charge is 0.460 e. The summed E-state index contributed by atoms with van der Waals surface area (Å²) in [6.45, 7) is 11.9. The topological polar surface area (TPSA) is 29.5 Å². The molecule has 0 aromatic carbocycles. The predicted octanol–water partition coefficient (Wildman–Crippen LogP) is 2.93. The number of carbonyl (C=O) groups is 1. The summed E-state index contributed by atoms with van der Waals surface area (Å²) >= 11 is 3.40. The molecule has 0 saturated heterocycles. The molecule has 2 unspecified atom stereocenters. The van der Waals surface area contributed by atoms with E-state index in [4.69, 9.17) is 4.74 Å². The average molecular weight is 308 g/mol. The molecule has 2 atom stereocenters. The number of hydrogen-bond acceptors (Lipinski definition) is 3. The minimum Gasteiger partial charge on any atom is -0.460 e. The molecule has 102 valence electrons. The SMILES string of the molecule is CCN(C)CC(CBr)OC(=O)C(C)C(C)(C)C. The van der Waals surface area contributed by atoms with E-state index in [0.717, 1.165) is 13.1 Å². The molecule has 0 aliphatic rings. The molecule has 0 rings (SSSR count). The highest BCUT2D eigenvalue weighted by Crippen LogP contribution is 2.26. The van der Waals surface area contributed by atoms with E-state index >= 15 is 0 Å². The summed E-state index contributed by atoms with van der Waals surface area (Å²) < 4.78 is 5.53. The molecule has 0 spiro atoms. The second kappa shape index (κ2) is 7.37. The fourth-order valence-corrected chi connectivity index (χ4v) is 1.55. The van der Waals surface area contributed by atoms with E-state index in [1.54, 1.807) is 0 Å². The molecule has 0 fully saturated rings. The number of esters is 1. The smallest absolute Gasteiger partial charge is 0.309 e. The Hall–Kier alpha value is -0.0900. The lowest BCUT2D eigenvalue weighted by molar-refractivity contribution is -0.156. The van der Waals surface area contributed by atoms with Gasteiger partial charge in [-0.25, -0.2) is 0 Å². The molecule has 0 aliphatic carbocycles. The van der Waals surface area contributed by atoms with E-state index in [0.29, 0.717) is 5.33 Å². The second-order valence-electron chi connectivity index (χ2n) is 5.66. The summed E-state index contributed by atoms with van der Waals surface area (Å²) in [4.78, 5) is 14.1. The van der Waals surface area contributed by atoms with Crippen molar-refractivity contribution in [1.29, 1.82) is 0 Å². The van der Waals surface area contributed by atoms with Crippen LogP contribution < -0.4 is 0 Å². The number of rotatable bonds is 6. The van der Waals surface area contributed by atoms with Crippen LogP contribution in [0.5, 0.6) is 0 Å². The van der Waals surface area contributed by atoms with Gasteiger partial charge in [-0.3, -0.25) is 4.79 Å². The monoisotopic (exact) mass is 307 g/mol. The minimum atomic E-state index is -0.105. The van der Waals surface area contributed by atoms with Gasteiger partial charge in [0, 0.05) is 11.9 Å². The van der Waals surface area contributed by atoms with Gasteiger partial charge in [-0.15, -0.1) is 0 Å². The molecule has 0 amide bonds. The Bertz CT molecular complexity index is 238. The molecule has 0 aromatic rings. The van der Waals surface area contributed by atoms with Crippen LogP contribution in [0.1, 0.15) is 34.6 Å². The van der Waals surface area contributed by atoms with Crippen molar-refractivity contribution in [2.75, 3.05) is 25.5 Å². The highest BCUT2D eigenvalue weighted by atomic mass is 79.9. The predicted molar refractivity (Wildman–Crippen MR) is 75.5 cm³/mol. The van der Waals surface area contributed by atoms with E-state index < -0.39 is 0 Å². The quantitative estimate of drug-likeness (QED) is 0.558. The first kappa shape index (κ1) is 16.9. The maximum Gasteiger partial charge on any atom is 0.309 e. The van der Waals surface area contributed by atoms with Crippen LogP contribution in [0.4, 0.5) is 0 Å². The van der Waals surface area contributed by atoms with Gasteiger partial charge in [-0.05, 0) is 19.0 Å². The molecule has 0 saturated carbocycles. The third kappa shape index (κ3) is 6.41. The lowest BCUT2D eigenvalue weighted by Crippen LogP contribution is -2.37. The Balaban J connectivity index is 4.33. The van der Waals surface area contributed by atoms with Crippen molar-refractivity contribution in [3.05, 3.63) is 0 Å². The Kier molecular flexibility index (Phi) is 7.33. The first-order valence-electron chi connectivity index (χ1n) is 6.17. The summed E-state index contributed by atoms with van der Waals surface area (Å²) in [6.07, 6.45) is -0.0720. The van der Waals surface area contributed by atoms with Crippen molar-refractivity contribution in [2.24, 2.45) is 11.3 Å². The molecule has 0 heterocycles. The van der Waals surface area contributed by atoms with Crippen LogP contribution >= 0.6 is 15.9 Å². The number of hydrogen-bond donors (Lipinski definition) is 0. The van der Waals surface area contributed by atoms with Gasteiger partial charge in [0.15, 0.2) is 0 Å². The summed E-state index contributed by atoms with van der Waals surface area (Å²) in [5, 5.41) is 0.680. The van der Waals surface area contributed by atoms with Gasteiger partial charge in [-0.1, -0.05) is 50.5 Å². The molecule has 3 nitrogen and oxygen atoms in total. The van der Waals surface area contributed by atoms with Crippen molar-refractivity contribution in [1.82, 2.24) is 4.90 Å². The molecule has 0 aliphatic heterocycles. The van der Waals surface area contributed by atoms with E-state index in [2.05, 4.69) is 48.5 Å². The van der Waals surface area contributed by atoms with E-state index in [1.165, 1.54) is 0 Å². The maximum atomic E-state index is 12.0. The molecule has 0 N–H and O–H groups in total. The van der Waals surface area contributed by atoms with Gasteiger partial charge < -0.3 is 9.64 Å². The Morgan fingerprint density at radius 3 is 2.29 bits per heavy atom. The number of likely N-dealkylation sites (N-methyl/N-ethyl adjacent to an activating group) is 1. The molecule has 0 radical (unpaired) electrons. The molecule has 4 heteroatoms. The normalized spacial score (nSPS) is 15.8. The van der Waals surface area contributed by atoms with Crippen LogP contribution in [0.2, 0.25) is 0 Å². The zero-order valence-electron chi connectivity index (χ0n) is 11.9. The second-order valence-corrected chi connectivity index (χ2v) is 6.30. The van der Waals surface area contributed by atoms with Crippen molar-refractivity contribution >= 4 is 21.9 Å². The summed E-state index contributed by atoms with van der Waals surface area (Å²) in [5.41, 5.74) is -0.0510. The summed E-state index contributed by atoms with van der Waals surface area (Å²) in [7, 11) is 2.02. The number of carbonyl (C=O) groups excluding carboxylic acids is 1. The van der Waals surface area contributed by atoms with Gasteiger partial charge in [0.2, 0.25) is 0 Å². The standard InChI is InChI=1S/C13H26BrNO2/c1-7-15(6)9-11(8-14)17-12(16)10(2)13(3,4)5/h10-11H,7-9H2,1-6H3. The van der Waals surface area contributed by atoms with Crippen LogP contribution in [-0.2, 0) is 9.53 Å². The number of alkyl halides is 1. The molecule has 0 aromatic heterocycles. The zero-order chi connectivity index (χ0) is 13.6. The van der Waals surface area contributed by atoms with Gasteiger partial charge in [-0.2, -0.15) is 0 Å². The van der Waals surface area contributed by atoms with E-state index in [1.807, 2.05) is 14.0 Å². The van der Waals surface area contributed by atoms with E-state index in [9.17, 15) is 4.79 Å². The highest BCUT2D eigenvalue weighted by Gasteiger charge is 2.29. The minimum absolute atomic E-state index is 0.0510. The highest BCUT2D eigenvalue weighted by molar-refractivity contribution is 9.09. The van der Waals surface area contributed by atoms with Crippen LogP contribution in [0.15, 0.2) is 0 Å². The first-order chi connectivity index (χ1) is 7.72. The third-order valence-electron chi connectivity index (χ3n) is 3.16. The summed E-state index contributed by atoms with van der Waals surface area (Å²) in [5.74, 6) is -0.192.